The lowest BCUT2D eigenvalue weighted by molar-refractivity contribution is -0.122. The number of rotatable bonds is 4. The highest BCUT2D eigenvalue weighted by Crippen LogP contribution is 2.02. The summed E-state index contributed by atoms with van der Waals surface area (Å²) in [6.45, 7) is 4.00. The number of likely N-dealkylation sites (N-methyl/N-ethyl adjacent to an activating group) is 2. The third kappa shape index (κ3) is 4.94. The minimum atomic E-state index is -0.151. The molecule has 0 heterocycles. The Morgan fingerprint density at radius 3 is 2.19 bits per heavy atom. The fourth-order valence-electron chi connectivity index (χ4n) is 1.35. The van der Waals surface area contributed by atoms with Crippen LogP contribution in [0.3, 0.4) is 0 Å². The predicted molar refractivity (Wildman–Crippen MR) is 68.4 cm³/mol. The number of carbonyl (C=O) groups excluding carboxylic acids is 1. The van der Waals surface area contributed by atoms with Gasteiger partial charge in [0.05, 0.1) is 6.04 Å². The molecule has 3 nitrogen and oxygen atoms in total. The van der Waals surface area contributed by atoms with E-state index in [2.05, 4.69) is 10.6 Å². The monoisotopic (exact) mass is 222 g/mol. The summed E-state index contributed by atoms with van der Waals surface area (Å²) in [6.07, 6.45) is 0.719. The lowest BCUT2D eigenvalue weighted by Gasteiger charge is -2.14. The number of hydrogen-bond acceptors (Lipinski definition) is 2. The van der Waals surface area contributed by atoms with Crippen molar-refractivity contribution in [2.45, 2.75) is 26.3 Å². The smallest absolute Gasteiger partial charge is 0.237 e. The molecule has 0 spiro atoms. The lowest BCUT2D eigenvalue weighted by Crippen LogP contribution is -2.42. The van der Waals surface area contributed by atoms with E-state index < -0.39 is 0 Å². The van der Waals surface area contributed by atoms with Gasteiger partial charge >= 0.3 is 0 Å². The van der Waals surface area contributed by atoms with Crippen LogP contribution in [0.1, 0.15) is 19.4 Å². The van der Waals surface area contributed by atoms with E-state index in [1.807, 2.05) is 44.2 Å². The maximum atomic E-state index is 11.4. The standard InChI is InChI=1S/C11H16N2O.C2H6/c1-12-10(11(14)13-2)8-9-6-4-3-5-7-9;1-2/h3-7,10,12H,8H2,1-2H3,(H,13,14);1-2H3. The summed E-state index contributed by atoms with van der Waals surface area (Å²) in [5, 5.41) is 5.62. The third-order valence-electron chi connectivity index (χ3n) is 2.19. The summed E-state index contributed by atoms with van der Waals surface area (Å²) in [5.41, 5.74) is 1.16. The Balaban J connectivity index is 0.00000106. The van der Waals surface area contributed by atoms with E-state index in [9.17, 15) is 4.79 Å². The zero-order valence-corrected chi connectivity index (χ0v) is 10.6. The number of carbonyl (C=O) groups is 1. The molecule has 0 bridgehead atoms. The zero-order chi connectivity index (χ0) is 12.4. The summed E-state index contributed by atoms with van der Waals surface area (Å²) in [5.74, 6) is 0.0244. The van der Waals surface area contributed by atoms with Crippen LogP contribution in [-0.2, 0) is 11.2 Å². The summed E-state index contributed by atoms with van der Waals surface area (Å²) in [6, 6.07) is 9.82. The third-order valence-corrected chi connectivity index (χ3v) is 2.19. The van der Waals surface area contributed by atoms with Crippen molar-refractivity contribution in [1.29, 1.82) is 0 Å². The molecule has 0 aromatic heterocycles. The van der Waals surface area contributed by atoms with Crippen molar-refractivity contribution in [2.24, 2.45) is 0 Å². The van der Waals surface area contributed by atoms with Gasteiger partial charge in [-0.15, -0.1) is 0 Å². The summed E-state index contributed by atoms with van der Waals surface area (Å²) >= 11 is 0. The van der Waals surface area contributed by atoms with Gasteiger partial charge in [0.15, 0.2) is 0 Å². The Morgan fingerprint density at radius 1 is 1.19 bits per heavy atom. The Kier molecular flexibility index (Phi) is 8.17. The van der Waals surface area contributed by atoms with Gasteiger partial charge in [0.2, 0.25) is 5.91 Å². The van der Waals surface area contributed by atoms with Gasteiger partial charge in [-0.2, -0.15) is 0 Å². The van der Waals surface area contributed by atoms with E-state index in [1.54, 1.807) is 14.1 Å². The first-order valence-corrected chi connectivity index (χ1v) is 5.70. The van der Waals surface area contributed by atoms with E-state index in [4.69, 9.17) is 0 Å². The molecule has 16 heavy (non-hydrogen) atoms. The molecule has 0 saturated heterocycles. The topological polar surface area (TPSA) is 41.1 Å². The van der Waals surface area contributed by atoms with E-state index in [1.165, 1.54) is 0 Å². The van der Waals surface area contributed by atoms with Crippen molar-refractivity contribution >= 4 is 5.91 Å². The molecule has 1 aromatic carbocycles. The maximum absolute atomic E-state index is 11.4. The molecule has 1 aromatic rings. The van der Waals surface area contributed by atoms with Crippen LogP contribution in [0.2, 0.25) is 0 Å². The second-order valence-corrected chi connectivity index (χ2v) is 3.15. The number of benzene rings is 1. The van der Waals surface area contributed by atoms with Crippen LogP contribution < -0.4 is 10.6 Å². The molecule has 0 aliphatic carbocycles. The minimum Gasteiger partial charge on any atom is -0.358 e. The Hall–Kier alpha value is -1.35. The molecule has 1 amide bonds. The first-order valence-electron chi connectivity index (χ1n) is 5.70. The first kappa shape index (κ1) is 14.6. The molecular weight excluding hydrogens is 200 g/mol. The van der Waals surface area contributed by atoms with Crippen LogP contribution >= 0.6 is 0 Å². The minimum absolute atomic E-state index is 0.0244. The molecule has 1 atom stereocenters. The Bertz CT molecular complexity index is 285. The van der Waals surface area contributed by atoms with E-state index in [0.29, 0.717) is 0 Å². The molecule has 90 valence electrons. The van der Waals surface area contributed by atoms with Crippen LogP contribution in [0.4, 0.5) is 0 Å². The van der Waals surface area contributed by atoms with Gasteiger partial charge in [-0.25, -0.2) is 0 Å². The lowest BCUT2D eigenvalue weighted by atomic mass is 10.1. The first-order chi connectivity index (χ1) is 7.77. The van der Waals surface area contributed by atoms with Crippen LogP contribution in [0.15, 0.2) is 30.3 Å². The van der Waals surface area contributed by atoms with Gasteiger partial charge < -0.3 is 10.6 Å². The normalized spacial score (nSPS) is 11.0. The zero-order valence-electron chi connectivity index (χ0n) is 10.6. The molecular formula is C13H22N2O. The second-order valence-electron chi connectivity index (χ2n) is 3.15. The summed E-state index contributed by atoms with van der Waals surface area (Å²) < 4.78 is 0. The quantitative estimate of drug-likeness (QED) is 0.812. The van der Waals surface area contributed by atoms with E-state index in [-0.39, 0.29) is 11.9 Å². The van der Waals surface area contributed by atoms with Crippen molar-refractivity contribution in [3.8, 4) is 0 Å². The average Bonchev–Trinajstić information content (AvgIpc) is 2.38. The Morgan fingerprint density at radius 2 is 1.75 bits per heavy atom. The molecule has 0 fully saturated rings. The molecule has 2 N–H and O–H groups in total. The van der Waals surface area contributed by atoms with Crippen LogP contribution in [0.5, 0.6) is 0 Å². The number of hydrogen-bond donors (Lipinski definition) is 2. The molecule has 0 radical (unpaired) electrons. The molecule has 1 rings (SSSR count). The fourth-order valence-corrected chi connectivity index (χ4v) is 1.35. The number of nitrogens with one attached hydrogen (secondary N) is 2. The molecule has 3 heteroatoms. The van der Waals surface area contributed by atoms with Crippen molar-refractivity contribution in [3.05, 3.63) is 35.9 Å². The SMILES string of the molecule is CC.CNC(=O)C(Cc1ccccc1)NC. The van der Waals surface area contributed by atoms with Gasteiger partial charge in [0.1, 0.15) is 0 Å². The molecule has 0 aliphatic heterocycles. The highest BCUT2D eigenvalue weighted by molar-refractivity contribution is 5.81. The van der Waals surface area contributed by atoms with Crippen molar-refractivity contribution in [2.75, 3.05) is 14.1 Å². The van der Waals surface area contributed by atoms with Gasteiger partial charge in [0.25, 0.3) is 0 Å². The maximum Gasteiger partial charge on any atom is 0.237 e. The van der Waals surface area contributed by atoms with Crippen LogP contribution in [-0.4, -0.2) is 26.0 Å². The molecule has 0 aliphatic rings. The largest absolute Gasteiger partial charge is 0.358 e. The van der Waals surface area contributed by atoms with E-state index >= 15 is 0 Å². The van der Waals surface area contributed by atoms with Crippen LogP contribution in [0, 0.1) is 0 Å². The van der Waals surface area contributed by atoms with Gasteiger partial charge in [0, 0.05) is 7.05 Å². The fraction of sp³-hybridized carbons (Fsp3) is 0.462. The summed E-state index contributed by atoms with van der Waals surface area (Å²) in [4.78, 5) is 11.4. The highest BCUT2D eigenvalue weighted by atomic mass is 16.2. The van der Waals surface area contributed by atoms with Crippen molar-refractivity contribution in [3.63, 3.8) is 0 Å². The van der Waals surface area contributed by atoms with Gasteiger partial charge in [-0.3, -0.25) is 4.79 Å². The van der Waals surface area contributed by atoms with Gasteiger partial charge in [-0.1, -0.05) is 44.2 Å². The molecule has 1 unspecified atom stereocenters. The second kappa shape index (κ2) is 8.92. The Labute approximate surface area is 98.3 Å². The molecule has 0 saturated carbocycles. The highest BCUT2D eigenvalue weighted by Gasteiger charge is 2.14. The van der Waals surface area contributed by atoms with Crippen molar-refractivity contribution in [1.82, 2.24) is 10.6 Å². The van der Waals surface area contributed by atoms with E-state index in [0.717, 1.165) is 12.0 Å². The average molecular weight is 222 g/mol. The van der Waals surface area contributed by atoms with Crippen LogP contribution in [0.25, 0.3) is 0 Å². The predicted octanol–water partition coefficient (Wildman–Crippen LogP) is 1.59. The summed E-state index contributed by atoms with van der Waals surface area (Å²) in [7, 11) is 3.44. The van der Waals surface area contributed by atoms with Gasteiger partial charge in [-0.05, 0) is 19.0 Å². The van der Waals surface area contributed by atoms with Crippen molar-refractivity contribution < 1.29 is 4.79 Å². The number of amides is 1.